The van der Waals surface area contributed by atoms with Gasteiger partial charge >= 0.3 is 6.09 Å². The first-order valence-corrected chi connectivity index (χ1v) is 6.16. The van der Waals surface area contributed by atoms with Crippen molar-refractivity contribution in [2.24, 2.45) is 5.10 Å². The molecule has 0 aliphatic carbocycles. The zero-order valence-electron chi connectivity index (χ0n) is 12.1. The number of rotatable bonds is 4. The first-order chi connectivity index (χ1) is 9.42. The lowest BCUT2D eigenvalue weighted by Crippen LogP contribution is -2.21. The van der Waals surface area contributed by atoms with E-state index in [1.807, 2.05) is 32.0 Å². The number of hydrogen-bond donors (Lipinski definition) is 2. The van der Waals surface area contributed by atoms with E-state index in [0.717, 1.165) is 16.8 Å². The van der Waals surface area contributed by atoms with Crippen molar-refractivity contribution >= 4 is 23.4 Å². The second-order valence-electron chi connectivity index (χ2n) is 4.49. The molecule has 0 radical (unpaired) electrons. The lowest BCUT2D eigenvalue weighted by Gasteiger charge is -2.09. The van der Waals surface area contributed by atoms with E-state index in [0.29, 0.717) is 5.71 Å². The molecule has 1 rings (SSSR count). The van der Waals surface area contributed by atoms with Gasteiger partial charge in [-0.2, -0.15) is 5.10 Å². The van der Waals surface area contributed by atoms with Gasteiger partial charge in [-0.3, -0.25) is 4.79 Å². The molecule has 6 heteroatoms. The number of aryl methyl sites for hydroxylation is 2. The van der Waals surface area contributed by atoms with Crippen LogP contribution in [0.3, 0.4) is 0 Å². The van der Waals surface area contributed by atoms with Crippen LogP contribution in [0.2, 0.25) is 0 Å². The maximum atomic E-state index is 11.9. The fourth-order valence-corrected chi connectivity index (χ4v) is 1.52. The summed E-state index contributed by atoms with van der Waals surface area (Å²) < 4.78 is 4.37. The van der Waals surface area contributed by atoms with E-state index in [9.17, 15) is 9.59 Å². The van der Waals surface area contributed by atoms with Crippen LogP contribution in [0.5, 0.6) is 0 Å². The average Bonchev–Trinajstić information content (AvgIpc) is 2.40. The number of benzene rings is 1. The van der Waals surface area contributed by atoms with Crippen LogP contribution in [0.25, 0.3) is 0 Å². The Hall–Kier alpha value is -2.37. The Labute approximate surface area is 118 Å². The molecule has 6 nitrogen and oxygen atoms in total. The van der Waals surface area contributed by atoms with Crippen molar-refractivity contribution in [1.82, 2.24) is 5.43 Å². The lowest BCUT2D eigenvalue weighted by molar-refractivity contribution is -0.115. The SMILES string of the molecule is COC(=O)N/N=C(\C)CC(=O)Nc1cc(C)ccc1C. The molecular formula is C14H19N3O3. The molecule has 1 aromatic carbocycles. The van der Waals surface area contributed by atoms with Crippen LogP contribution in [0, 0.1) is 13.8 Å². The lowest BCUT2D eigenvalue weighted by atomic mass is 10.1. The monoisotopic (exact) mass is 277 g/mol. The van der Waals surface area contributed by atoms with E-state index in [-0.39, 0.29) is 12.3 Å². The number of hydrogen-bond acceptors (Lipinski definition) is 4. The van der Waals surface area contributed by atoms with Crippen LogP contribution in [-0.2, 0) is 9.53 Å². The molecule has 0 fully saturated rings. The normalized spacial score (nSPS) is 10.9. The van der Waals surface area contributed by atoms with Gasteiger partial charge in [0.25, 0.3) is 0 Å². The number of carbonyl (C=O) groups excluding carboxylic acids is 2. The number of hydrazone groups is 1. The zero-order chi connectivity index (χ0) is 15.1. The summed E-state index contributed by atoms with van der Waals surface area (Å²) >= 11 is 0. The van der Waals surface area contributed by atoms with Gasteiger partial charge < -0.3 is 10.1 Å². The topological polar surface area (TPSA) is 79.8 Å². The molecule has 2 N–H and O–H groups in total. The molecule has 2 amide bonds. The number of nitrogens with one attached hydrogen (secondary N) is 2. The molecule has 0 aliphatic rings. The van der Waals surface area contributed by atoms with Gasteiger partial charge in [0.2, 0.25) is 5.91 Å². The van der Waals surface area contributed by atoms with Crippen molar-refractivity contribution in [3.63, 3.8) is 0 Å². The van der Waals surface area contributed by atoms with Crippen molar-refractivity contribution < 1.29 is 14.3 Å². The Bertz CT molecular complexity index is 538. The fraction of sp³-hybridized carbons (Fsp3) is 0.357. The molecule has 0 atom stereocenters. The smallest absolute Gasteiger partial charge is 0.427 e. The summed E-state index contributed by atoms with van der Waals surface area (Å²) in [4.78, 5) is 22.7. The van der Waals surface area contributed by atoms with E-state index in [1.165, 1.54) is 7.11 Å². The van der Waals surface area contributed by atoms with E-state index in [2.05, 4.69) is 20.6 Å². The van der Waals surface area contributed by atoms with Crippen LogP contribution in [-0.4, -0.2) is 24.8 Å². The highest BCUT2D eigenvalue weighted by Gasteiger charge is 2.07. The summed E-state index contributed by atoms with van der Waals surface area (Å²) in [5, 5.41) is 6.57. The van der Waals surface area contributed by atoms with Gasteiger partial charge in [-0.15, -0.1) is 0 Å². The van der Waals surface area contributed by atoms with Gasteiger partial charge in [0.1, 0.15) is 0 Å². The number of amides is 2. The highest BCUT2D eigenvalue weighted by molar-refractivity contribution is 6.05. The van der Waals surface area contributed by atoms with Crippen molar-refractivity contribution in [3.8, 4) is 0 Å². The fourth-order valence-electron chi connectivity index (χ4n) is 1.52. The third-order valence-corrected chi connectivity index (χ3v) is 2.61. The predicted molar refractivity (Wildman–Crippen MR) is 77.8 cm³/mol. The standard InChI is InChI=1S/C14H19N3O3/c1-9-5-6-10(2)12(7-9)15-13(18)8-11(3)16-17-14(19)20-4/h5-7H,8H2,1-4H3,(H,15,18)(H,17,19)/b16-11+. The third kappa shape index (κ3) is 5.09. The summed E-state index contributed by atoms with van der Waals surface area (Å²) in [6, 6.07) is 5.84. The van der Waals surface area contributed by atoms with Crippen molar-refractivity contribution in [2.45, 2.75) is 27.2 Å². The molecule has 0 heterocycles. The molecule has 0 spiro atoms. The Balaban J connectivity index is 2.59. The highest BCUT2D eigenvalue weighted by atomic mass is 16.5. The van der Waals surface area contributed by atoms with Crippen molar-refractivity contribution in [2.75, 3.05) is 12.4 Å². The van der Waals surface area contributed by atoms with E-state index in [4.69, 9.17) is 0 Å². The maximum Gasteiger partial charge on any atom is 0.427 e. The van der Waals surface area contributed by atoms with Crippen LogP contribution in [0.1, 0.15) is 24.5 Å². The summed E-state index contributed by atoms with van der Waals surface area (Å²) in [6.07, 6.45) is -0.573. The maximum absolute atomic E-state index is 11.9. The minimum absolute atomic E-state index is 0.0946. The number of nitrogens with zero attached hydrogens (tertiary/aromatic N) is 1. The molecule has 0 bridgehead atoms. The molecule has 108 valence electrons. The number of methoxy groups -OCH3 is 1. The minimum Gasteiger partial charge on any atom is -0.452 e. The van der Waals surface area contributed by atoms with Gasteiger partial charge in [0, 0.05) is 11.4 Å². The number of carbonyl (C=O) groups is 2. The Morgan fingerprint density at radius 2 is 2.00 bits per heavy atom. The Morgan fingerprint density at radius 3 is 2.65 bits per heavy atom. The molecule has 0 aromatic heterocycles. The van der Waals surface area contributed by atoms with E-state index < -0.39 is 6.09 Å². The first kappa shape index (κ1) is 15.7. The number of anilines is 1. The second kappa shape index (κ2) is 7.28. The minimum atomic E-state index is -0.667. The second-order valence-corrected chi connectivity index (χ2v) is 4.49. The highest BCUT2D eigenvalue weighted by Crippen LogP contribution is 2.16. The Morgan fingerprint density at radius 1 is 1.30 bits per heavy atom. The van der Waals surface area contributed by atoms with E-state index in [1.54, 1.807) is 6.92 Å². The molecule has 0 unspecified atom stereocenters. The summed E-state index contributed by atoms with van der Waals surface area (Å²) in [5.74, 6) is -0.188. The largest absolute Gasteiger partial charge is 0.452 e. The first-order valence-electron chi connectivity index (χ1n) is 6.16. The molecule has 20 heavy (non-hydrogen) atoms. The van der Waals surface area contributed by atoms with Crippen LogP contribution in [0.15, 0.2) is 23.3 Å². The van der Waals surface area contributed by atoms with Crippen molar-refractivity contribution in [1.29, 1.82) is 0 Å². The van der Waals surface area contributed by atoms with Crippen LogP contribution < -0.4 is 10.7 Å². The molecule has 0 saturated carbocycles. The quantitative estimate of drug-likeness (QED) is 0.655. The van der Waals surface area contributed by atoms with Gasteiger partial charge in [-0.1, -0.05) is 12.1 Å². The molecule has 1 aromatic rings. The zero-order valence-corrected chi connectivity index (χ0v) is 12.1. The third-order valence-electron chi connectivity index (χ3n) is 2.61. The molecular weight excluding hydrogens is 258 g/mol. The van der Waals surface area contributed by atoms with Crippen LogP contribution in [0.4, 0.5) is 10.5 Å². The van der Waals surface area contributed by atoms with Crippen LogP contribution >= 0.6 is 0 Å². The van der Waals surface area contributed by atoms with E-state index >= 15 is 0 Å². The van der Waals surface area contributed by atoms with Gasteiger partial charge in [-0.25, -0.2) is 10.2 Å². The number of ether oxygens (including phenoxy) is 1. The molecule has 0 aliphatic heterocycles. The average molecular weight is 277 g/mol. The van der Waals surface area contributed by atoms with Crippen molar-refractivity contribution in [3.05, 3.63) is 29.3 Å². The summed E-state index contributed by atoms with van der Waals surface area (Å²) in [5.41, 5.74) is 5.50. The predicted octanol–water partition coefficient (Wildman–Crippen LogP) is 2.36. The van der Waals surface area contributed by atoms with Gasteiger partial charge in [0.05, 0.1) is 13.5 Å². The van der Waals surface area contributed by atoms with Gasteiger partial charge in [0.15, 0.2) is 0 Å². The molecule has 0 saturated heterocycles. The summed E-state index contributed by atoms with van der Waals surface area (Å²) in [7, 11) is 1.24. The summed E-state index contributed by atoms with van der Waals surface area (Å²) in [6.45, 7) is 5.54. The van der Waals surface area contributed by atoms with Gasteiger partial charge in [-0.05, 0) is 38.0 Å². The Kier molecular flexibility index (Phi) is 5.71.